The van der Waals surface area contributed by atoms with Crippen LogP contribution in [0.25, 0.3) is 0 Å². The summed E-state index contributed by atoms with van der Waals surface area (Å²) in [6.45, 7) is 0. The van der Waals surface area contributed by atoms with E-state index in [1.807, 2.05) is 0 Å². The minimum atomic E-state index is 2.11. The van der Waals surface area contributed by atoms with Crippen molar-refractivity contribution in [1.82, 2.24) is 0 Å². The first kappa shape index (κ1) is 10.2. The van der Waals surface area contributed by atoms with Gasteiger partial charge < -0.3 is 0 Å². The predicted molar refractivity (Wildman–Crippen MR) is 52.0 cm³/mol. The van der Waals surface area contributed by atoms with Crippen molar-refractivity contribution in [1.29, 1.82) is 0 Å². The highest BCUT2D eigenvalue weighted by atomic mass is 13.6. The molecule has 0 atom stereocenters. The van der Waals surface area contributed by atoms with E-state index in [9.17, 15) is 0 Å². The summed E-state index contributed by atoms with van der Waals surface area (Å²) in [5.74, 6) is 23.4. The van der Waals surface area contributed by atoms with Gasteiger partial charge in [-0.05, 0) is 23.7 Å². The van der Waals surface area contributed by atoms with Crippen LogP contribution in [-0.4, -0.2) is 0 Å². The summed E-state index contributed by atoms with van der Waals surface area (Å²) in [4.78, 5) is 0. The second kappa shape index (κ2) is 9.23. The van der Waals surface area contributed by atoms with E-state index < -0.39 is 0 Å². The van der Waals surface area contributed by atoms with Gasteiger partial charge in [-0.3, -0.25) is 0 Å². The molecule has 55 valence electrons. The van der Waals surface area contributed by atoms with Crippen LogP contribution in [0, 0.1) is 78.5 Å². The van der Waals surface area contributed by atoms with Crippen LogP contribution in [0.5, 0.6) is 0 Å². The molecule has 0 unspecified atom stereocenters. The Labute approximate surface area is 79.1 Å². The molecule has 0 heteroatoms. The zero-order valence-corrected chi connectivity index (χ0v) is 6.65. The summed E-state index contributed by atoms with van der Waals surface area (Å²) in [7, 11) is 0. The smallest absolute Gasteiger partial charge is 0.0164 e. The summed E-state index contributed by atoms with van der Waals surface area (Å²) in [6, 6.07) is 0. The third kappa shape index (κ3) is 9.23. The van der Waals surface area contributed by atoms with Crippen molar-refractivity contribution in [2.24, 2.45) is 0 Å². The van der Waals surface area contributed by atoms with E-state index >= 15 is 0 Å². The summed E-state index contributed by atoms with van der Waals surface area (Å²) < 4.78 is 0. The average Bonchev–Trinajstić information content (AvgIpc) is 2.16. The van der Waals surface area contributed by atoms with E-state index in [-0.39, 0.29) is 0 Å². The molecular weight excluding hydrogens is 156 g/mol. The first-order valence-electron chi connectivity index (χ1n) is 3.08. The van der Waals surface area contributed by atoms with E-state index in [2.05, 4.69) is 65.6 Å². The Morgan fingerprint density at radius 2 is 1.08 bits per heavy atom. The molecule has 0 heterocycles. The molecule has 0 amide bonds. The molecule has 13 heavy (non-hydrogen) atoms. The molecule has 0 aliphatic heterocycles. The fourth-order valence-corrected chi connectivity index (χ4v) is 0.291. The molecule has 0 nitrogen and oxygen atoms in total. The summed E-state index contributed by atoms with van der Waals surface area (Å²) >= 11 is 0. The van der Waals surface area contributed by atoms with Gasteiger partial charge in [0.05, 0.1) is 0 Å². The van der Waals surface area contributed by atoms with E-state index in [1.54, 1.807) is 0 Å². The Hall–Kier alpha value is -2.77. The topological polar surface area (TPSA) is 0 Å². The van der Waals surface area contributed by atoms with Crippen LogP contribution >= 0.6 is 0 Å². The van der Waals surface area contributed by atoms with E-state index in [1.165, 1.54) is 0 Å². The van der Waals surface area contributed by atoms with Gasteiger partial charge in [0, 0.05) is 0 Å². The molecule has 0 N–H and O–H groups in total. The zero-order chi connectivity index (χ0) is 9.78. The van der Waals surface area contributed by atoms with Crippen LogP contribution in [-0.2, 0) is 0 Å². The fraction of sp³-hybridized carbons (Fsp3) is 0. The number of terminal acetylenes is 2. The third-order valence-corrected chi connectivity index (χ3v) is 0.644. The van der Waals surface area contributed by atoms with Crippen molar-refractivity contribution in [3.05, 3.63) is 6.42 Å². The monoisotopic (exact) mass is 158 g/mol. The third-order valence-electron chi connectivity index (χ3n) is 0.644. The highest BCUT2D eigenvalue weighted by Crippen LogP contribution is 1.66. The molecule has 0 aromatic heterocycles. The quantitative estimate of drug-likeness (QED) is 0.352. The average molecular weight is 158 g/mol. The largest absolute Gasteiger partial charge is 0.202 e. The van der Waals surface area contributed by atoms with Crippen LogP contribution in [0.3, 0.4) is 0 Å². The van der Waals surface area contributed by atoms with Crippen molar-refractivity contribution in [3.8, 4) is 72.1 Å². The minimum Gasteiger partial charge on any atom is -0.202 e. The van der Waals surface area contributed by atoms with E-state index in [0.29, 0.717) is 0 Å². The Morgan fingerprint density at radius 1 is 0.615 bits per heavy atom. The lowest BCUT2D eigenvalue weighted by Crippen LogP contribution is -1.60. The number of rotatable bonds is 0. The maximum absolute atomic E-state index is 4.85. The molecule has 1 radical (unpaired) electrons. The maximum atomic E-state index is 4.85. The van der Waals surface area contributed by atoms with Gasteiger partial charge in [0.1, 0.15) is 0 Å². The van der Waals surface area contributed by atoms with Crippen LogP contribution in [0.2, 0.25) is 0 Å². The summed E-state index contributed by atoms with van der Waals surface area (Å²) in [5, 5.41) is 0. The second-order valence-electron chi connectivity index (χ2n) is 1.41. The van der Waals surface area contributed by atoms with E-state index in [0.717, 1.165) is 0 Å². The highest BCUT2D eigenvalue weighted by Gasteiger charge is 1.51. The van der Waals surface area contributed by atoms with Gasteiger partial charge in [0.2, 0.25) is 0 Å². The van der Waals surface area contributed by atoms with Gasteiger partial charge >= 0.3 is 0 Å². The lowest BCUT2D eigenvalue weighted by molar-refractivity contribution is 2.01. The SMILES string of the molecule is C#CC#CC#C[C-]C#CC#CC#C. The molecule has 0 bridgehead atoms. The molecule has 0 fully saturated rings. The van der Waals surface area contributed by atoms with Gasteiger partial charge in [-0.25, -0.2) is 11.8 Å². The minimum absolute atomic E-state index is 2.11. The maximum Gasteiger partial charge on any atom is -0.0164 e. The second-order valence-corrected chi connectivity index (χ2v) is 1.41. The van der Waals surface area contributed by atoms with Gasteiger partial charge in [-0.15, -0.1) is 12.8 Å². The van der Waals surface area contributed by atoms with Gasteiger partial charge in [-0.2, -0.15) is 11.8 Å². The lowest BCUT2D eigenvalue weighted by Gasteiger charge is -1.76. The lowest BCUT2D eigenvalue weighted by atomic mass is 10.4. The van der Waals surface area contributed by atoms with Crippen molar-refractivity contribution >= 4 is 0 Å². The molecule has 0 rings (SSSR count). The molecule has 0 aromatic rings. The van der Waals surface area contributed by atoms with Crippen molar-refractivity contribution in [3.63, 3.8) is 0 Å². The van der Waals surface area contributed by atoms with Crippen molar-refractivity contribution < 1.29 is 0 Å². The Kier molecular flexibility index (Phi) is 7.26. The van der Waals surface area contributed by atoms with Crippen molar-refractivity contribution in [2.45, 2.75) is 0 Å². The number of hydrogen-bond donors (Lipinski definition) is 0. The van der Waals surface area contributed by atoms with Crippen molar-refractivity contribution in [2.75, 3.05) is 0 Å². The molecule has 0 aliphatic carbocycles. The van der Waals surface area contributed by atoms with Crippen LogP contribution in [0.15, 0.2) is 0 Å². The first-order valence-corrected chi connectivity index (χ1v) is 3.08. The highest BCUT2D eigenvalue weighted by molar-refractivity contribution is 5.41. The summed E-state index contributed by atoms with van der Waals surface area (Å²) in [5.41, 5.74) is 0. The Balaban J connectivity index is 3.90. The van der Waals surface area contributed by atoms with Gasteiger partial charge in [0.25, 0.3) is 0 Å². The molecule has 0 saturated carbocycles. The Bertz CT molecular complexity index is 426. The van der Waals surface area contributed by atoms with Crippen LogP contribution in [0.4, 0.5) is 0 Å². The van der Waals surface area contributed by atoms with Crippen LogP contribution < -0.4 is 0 Å². The van der Waals surface area contributed by atoms with Crippen LogP contribution in [0.1, 0.15) is 0 Å². The molecule has 0 aromatic carbocycles. The standard InChI is InChI=1S/C13H2/c1-3-5-7-9-11-13-12-10-8-6-4-2/h1-2H/q-1. The zero-order valence-electron chi connectivity index (χ0n) is 6.65. The van der Waals surface area contributed by atoms with Gasteiger partial charge in [-0.1, -0.05) is 18.3 Å². The molecule has 0 saturated heterocycles. The Morgan fingerprint density at radius 3 is 1.46 bits per heavy atom. The number of hydrogen-bond acceptors (Lipinski definition) is 0. The van der Waals surface area contributed by atoms with E-state index in [4.69, 9.17) is 12.8 Å². The molecule has 0 spiro atoms. The van der Waals surface area contributed by atoms with Gasteiger partial charge in [0.15, 0.2) is 0 Å². The normalized spacial score (nSPS) is 3.85. The fourth-order valence-electron chi connectivity index (χ4n) is 0.291. The first-order chi connectivity index (χ1) is 6.41. The predicted octanol–water partition coefficient (Wildman–Crippen LogP) is 0.348. The molecule has 0 aliphatic rings. The molecular formula is C13H2-. The summed E-state index contributed by atoms with van der Waals surface area (Å²) in [6.07, 6.45) is 12.1.